The van der Waals surface area contributed by atoms with E-state index in [1.54, 1.807) is 6.07 Å². The first-order valence-corrected chi connectivity index (χ1v) is 6.44. The van der Waals surface area contributed by atoms with Gasteiger partial charge in [-0.1, -0.05) is 24.3 Å². The zero-order valence-electron chi connectivity index (χ0n) is 11.1. The highest BCUT2D eigenvalue weighted by Gasteiger charge is 2.21. The van der Waals surface area contributed by atoms with Crippen LogP contribution >= 0.6 is 0 Å². The van der Waals surface area contributed by atoms with Crippen molar-refractivity contribution in [2.24, 2.45) is 0 Å². The number of benzene rings is 1. The number of hydrogen-bond donors (Lipinski definition) is 2. The average Bonchev–Trinajstić information content (AvgIpc) is 2.33. The predicted molar refractivity (Wildman–Crippen MR) is 73.6 cm³/mol. The van der Waals surface area contributed by atoms with Gasteiger partial charge >= 0.3 is 7.12 Å². The summed E-state index contributed by atoms with van der Waals surface area (Å²) in [6.45, 7) is 6.34. The van der Waals surface area contributed by atoms with Crippen LogP contribution in [0.25, 0.3) is 0 Å². The SMILES string of the molecule is CC1CN(C)CCN1Cc1cccc(B(O)O)c1. The molecule has 0 aliphatic carbocycles. The molecular weight excluding hydrogens is 227 g/mol. The lowest BCUT2D eigenvalue weighted by Crippen LogP contribution is -2.49. The highest BCUT2D eigenvalue weighted by atomic mass is 16.4. The van der Waals surface area contributed by atoms with E-state index in [9.17, 15) is 10.0 Å². The molecule has 1 unspecified atom stereocenters. The summed E-state index contributed by atoms with van der Waals surface area (Å²) in [5.41, 5.74) is 1.70. The monoisotopic (exact) mass is 248 g/mol. The lowest BCUT2D eigenvalue weighted by molar-refractivity contribution is 0.0938. The first kappa shape index (κ1) is 13.6. The Morgan fingerprint density at radius 2 is 2.11 bits per heavy atom. The van der Waals surface area contributed by atoms with Gasteiger partial charge in [-0.25, -0.2) is 0 Å². The third-order valence-electron chi connectivity index (χ3n) is 3.60. The summed E-state index contributed by atoms with van der Waals surface area (Å²) in [5.74, 6) is 0. The molecule has 0 bridgehead atoms. The Balaban J connectivity index is 2.02. The molecule has 1 heterocycles. The molecule has 1 aliphatic rings. The van der Waals surface area contributed by atoms with E-state index in [0.717, 1.165) is 31.7 Å². The topological polar surface area (TPSA) is 46.9 Å². The highest BCUT2D eigenvalue weighted by molar-refractivity contribution is 6.58. The largest absolute Gasteiger partial charge is 0.488 e. The van der Waals surface area contributed by atoms with Gasteiger partial charge in [-0.2, -0.15) is 0 Å². The zero-order valence-corrected chi connectivity index (χ0v) is 11.1. The van der Waals surface area contributed by atoms with Crippen LogP contribution in [0.5, 0.6) is 0 Å². The molecule has 0 saturated carbocycles. The lowest BCUT2D eigenvalue weighted by atomic mass is 9.79. The maximum atomic E-state index is 9.18. The van der Waals surface area contributed by atoms with Gasteiger partial charge in [0, 0.05) is 32.2 Å². The van der Waals surface area contributed by atoms with Crippen LogP contribution in [-0.4, -0.2) is 59.7 Å². The first-order valence-electron chi connectivity index (χ1n) is 6.44. The fourth-order valence-corrected chi connectivity index (χ4v) is 2.50. The van der Waals surface area contributed by atoms with Crippen LogP contribution in [0, 0.1) is 0 Å². The second-order valence-corrected chi connectivity index (χ2v) is 5.20. The summed E-state index contributed by atoms with van der Waals surface area (Å²) in [6, 6.07) is 8.06. The third kappa shape index (κ3) is 3.33. The smallest absolute Gasteiger partial charge is 0.423 e. The summed E-state index contributed by atoms with van der Waals surface area (Å²) in [5, 5.41) is 18.4. The maximum absolute atomic E-state index is 9.18. The Kier molecular flexibility index (Phi) is 4.40. The van der Waals surface area contributed by atoms with Crippen LogP contribution in [0.3, 0.4) is 0 Å². The maximum Gasteiger partial charge on any atom is 0.488 e. The van der Waals surface area contributed by atoms with Gasteiger partial charge in [-0.15, -0.1) is 0 Å². The number of piperazine rings is 1. The lowest BCUT2D eigenvalue weighted by Gasteiger charge is -2.38. The van der Waals surface area contributed by atoms with E-state index in [1.807, 2.05) is 18.2 Å². The number of likely N-dealkylation sites (N-methyl/N-ethyl adjacent to an activating group) is 1. The van der Waals surface area contributed by atoms with E-state index < -0.39 is 7.12 Å². The summed E-state index contributed by atoms with van der Waals surface area (Å²) in [7, 11) is 0.770. The van der Waals surface area contributed by atoms with Crippen molar-refractivity contribution in [1.29, 1.82) is 0 Å². The molecular formula is C13H21BN2O2. The normalized spacial score (nSPS) is 22.1. The quantitative estimate of drug-likeness (QED) is 0.708. The van der Waals surface area contributed by atoms with Crippen molar-refractivity contribution in [1.82, 2.24) is 9.80 Å². The Bertz CT molecular complexity index is 400. The molecule has 1 aliphatic heterocycles. The molecule has 0 aromatic heterocycles. The molecule has 1 aromatic rings. The molecule has 2 N–H and O–H groups in total. The molecule has 98 valence electrons. The van der Waals surface area contributed by atoms with Gasteiger partial charge in [-0.05, 0) is 25.0 Å². The van der Waals surface area contributed by atoms with Gasteiger partial charge < -0.3 is 14.9 Å². The van der Waals surface area contributed by atoms with Crippen molar-refractivity contribution >= 4 is 12.6 Å². The second kappa shape index (κ2) is 5.84. The van der Waals surface area contributed by atoms with E-state index >= 15 is 0 Å². The minimum absolute atomic E-state index is 0.534. The van der Waals surface area contributed by atoms with Crippen LogP contribution < -0.4 is 5.46 Å². The molecule has 18 heavy (non-hydrogen) atoms. The molecule has 0 radical (unpaired) electrons. The van der Waals surface area contributed by atoms with Gasteiger partial charge in [0.2, 0.25) is 0 Å². The second-order valence-electron chi connectivity index (χ2n) is 5.20. The Morgan fingerprint density at radius 1 is 1.33 bits per heavy atom. The minimum Gasteiger partial charge on any atom is -0.423 e. The molecule has 1 atom stereocenters. The van der Waals surface area contributed by atoms with E-state index in [4.69, 9.17) is 0 Å². The summed E-state index contributed by atoms with van der Waals surface area (Å²) in [4.78, 5) is 4.78. The summed E-state index contributed by atoms with van der Waals surface area (Å²) < 4.78 is 0. The van der Waals surface area contributed by atoms with Crippen molar-refractivity contribution in [3.63, 3.8) is 0 Å². The standard InChI is InChI=1S/C13H21BN2O2/c1-11-9-15(2)6-7-16(11)10-12-4-3-5-13(8-12)14(17)18/h3-5,8,11,17-18H,6-7,9-10H2,1-2H3. The van der Waals surface area contributed by atoms with E-state index in [-0.39, 0.29) is 0 Å². The van der Waals surface area contributed by atoms with Gasteiger partial charge in [0.05, 0.1) is 0 Å². The Morgan fingerprint density at radius 3 is 2.78 bits per heavy atom. The zero-order chi connectivity index (χ0) is 13.1. The Hall–Kier alpha value is -0.875. The van der Waals surface area contributed by atoms with E-state index in [1.165, 1.54) is 0 Å². The predicted octanol–water partition coefficient (Wildman–Crippen LogP) is -0.498. The third-order valence-corrected chi connectivity index (χ3v) is 3.60. The highest BCUT2D eigenvalue weighted by Crippen LogP contribution is 2.12. The number of hydrogen-bond acceptors (Lipinski definition) is 4. The molecule has 2 rings (SSSR count). The fraction of sp³-hybridized carbons (Fsp3) is 0.538. The average molecular weight is 248 g/mol. The number of nitrogens with zero attached hydrogens (tertiary/aromatic N) is 2. The molecule has 1 saturated heterocycles. The van der Waals surface area contributed by atoms with Crippen molar-refractivity contribution in [2.45, 2.75) is 19.5 Å². The molecule has 1 aromatic carbocycles. The number of rotatable bonds is 3. The van der Waals surface area contributed by atoms with Gasteiger partial charge in [0.25, 0.3) is 0 Å². The molecule has 1 fully saturated rings. The van der Waals surface area contributed by atoms with Crippen molar-refractivity contribution in [3.05, 3.63) is 29.8 Å². The Labute approximate surface area is 109 Å². The van der Waals surface area contributed by atoms with Gasteiger partial charge in [0.1, 0.15) is 0 Å². The summed E-state index contributed by atoms with van der Waals surface area (Å²) >= 11 is 0. The summed E-state index contributed by atoms with van der Waals surface area (Å²) in [6.07, 6.45) is 0. The molecule has 0 spiro atoms. The minimum atomic E-state index is -1.38. The fourth-order valence-electron chi connectivity index (χ4n) is 2.50. The molecule has 0 amide bonds. The van der Waals surface area contributed by atoms with E-state index in [0.29, 0.717) is 11.5 Å². The van der Waals surface area contributed by atoms with Crippen LogP contribution in [-0.2, 0) is 6.54 Å². The first-order chi connectivity index (χ1) is 8.56. The van der Waals surface area contributed by atoms with Crippen molar-refractivity contribution in [2.75, 3.05) is 26.7 Å². The van der Waals surface area contributed by atoms with Gasteiger partial charge in [-0.3, -0.25) is 4.90 Å². The van der Waals surface area contributed by atoms with E-state index in [2.05, 4.69) is 23.8 Å². The van der Waals surface area contributed by atoms with Crippen LogP contribution in [0.2, 0.25) is 0 Å². The van der Waals surface area contributed by atoms with Crippen LogP contribution in [0.1, 0.15) is 12.5 Å². The van der Waals surface area contributed by atoms with Crippen molar-refractivity contribution < 1.29 is 10.0 Å². The molecule has 5 heteroatoms. The van der Waals surface area contributed by atoms with Gasteiger partial charge in [0.15, 0.2) is 0 Å². The van der Waals surface area contributed by atoms with Crippen LogP contribution in [0.15, 0.2) is 24.3 Å². The van der Waals surface area contributed by atoms with Crippen molar-refractivity contribution in [3.8, 4) is 0 Å². The molecule has 4 nitrogen and oxygen atoms in total. The van der Waals surface area contributed by atoms with Crippen LogP contribution in [0.4, 0.5) is 0 Å².